The van der Waals surface area contributed by atoms with Gasteiger partial charge in [0, 0.05) is 26.6 Å². The topological polar surface area (TPSA) is 14.2 Å². The minimum absolute atomic E-state index is 0.709. The van der Waals surface area contributed by atoms with Gasteiger partial charge in [0.05, 0.1) is 6.61 Å². The molecule has 1 aromatic heterocycles. The quantitative estimate of drug-likeness (QED) is 0.578. The molecule has 0 atom stereocenters. The molecule has 1 rings (SSSR count). The predicted molar refractivity (Wildman–Crippen MR) is 36.1 cm³/mol. The first-order chi connectivity index (χ1) is 4.33. The number of hydrogen-bond donors (Lipinski definition) is 0. The summed E-state index contributed by atoms with van der Waals surface area (Å²) in [4.78, 5) is 0. The predicted octanol–water partition coefficient (Wildman–Crippen LogP) is 1.17. The molecule has 0 aliphatic carbocycles. The second-order valence-corrected chi connectivity index (χ2v) is 2.12. The van der Waals surface area contributed by atoms with Crippen LogP contribution in [0, 0.1) is 0 Å². The Morgan fingerprint density at radius 3 is 2.89 bits per heavy atom. The summed E-state index contributed by atoms with van der Waals surface area (Å²) in [6, 6.07) is 2.05. The largest absolute Gasteiger partial charge is 0.380 e. The summed E-state index contributed by atoms with van der Waals surface area (Å²) in [6.45, 7) is 0.709. The molecular formula is C7H11NO. The molecule has 0 N–H and O–H groups in total. The third-order valence-electron chi connectivity index (χ3n) is 1.20. The van der Waals surface area contributed by atoms with Crippen LogP contribution in [-0.4, -0.2) is 11.7 Å². The van der Waals surface area contributed by atoms with Gasteiger partial charge in [-0.15, -0.1) is 0 Å². The maximum Gasteiger partial charge on any atom is 0.0727 e. The van der Waals surface area contributed by atoms with Gasteiger partial charge in [-0.25, -0.2) is 0 Å². The Morgan fingerprint density at radius 1 is 1.67 bits per heavy atom. The molecule has 0 aromatic carbocycles. The van der Waals surface area contributed by atoms with Crippen LogP contribution in [0.15, 0.2) is 18.5 Å². The fourth-order valence-electron chi connectivity index (χ4n) is 0.813. The highest BCUT2D eigenvalue weighted by Gasteiger charge is 1.89. The van der Waals surface area contributed by atoms with Gasteiger partial charge in [0.1, 0.15) is 0 Å². The number of nitrogens with zero attached hydrogens (tertiary/aromatic N) is 1. The molecule has 0 spiro atoms. The van der Waals surface area contributed by atoms with Crippen molar-refractivity contribution in [3.05, 3.63) is 24.0 Å². The Kier molecular flexibility index (Phi) is 1.90. The van der Waals surface area contributed by atoms with Crippen LogP contribution in [0.3, 0.4) is 0 Å². The van der Waals surface area contributed by atoms with Gasteiger partial charge in [-0.3, -0.25) is 0 Å². The average Bonchev–Trinajstić information content (AvgIpc) is 2.17. The van der Waals surface area contributed by atoms with Crippen molar-refractivity contribution >= 4 is 0 Å². The lowest BCUT2D eigenvalue weighted by Crippen LogP contribution is -1.84. The lowest BCUT2D eigenvalue weighted by Gasteiger charge is -1.90. The number of aromatic nitrogens is 1. The molecule has 2 heteroatoms. The van der Waals surface area contributed by atoms with Crippen LogP contribution in [0.2, 0.25) is 0 Å². The molecule has 1 aromatic rings. The number of hydrogen-bond acceptors (Lipinski definition) is 1. The third kappa shape index (κ3) is 1.57. The van der Waals surface area contributed by atoms with Crippen molar-refractivity contribution in [2.45, 2.75) is 6.61 Å². The van der Waals surface area contributed by atoms with E-state index < -0.39 is 0 Å². The van der Waals surface area contributed by atoms with Crippen molar-refractivity contribution in [2.24, 2.45) is 7.05 Å². The second-order valence-electron chi connectivity index (χ2n) is 2.12. The molecule has 0 saturated carbocycles. The molecule has 0 saturated heterocycles. The number of ether oxygens (including phenoxy) is 1. The van der Waals surface area contributed by atoms with E-state index in [1.165, 1.54) is 5.56 Å². The van der Waals surface area contributed by atoms with Gasteiger partial charge in [0.25, 0.3) is 0 Å². The van der Waals surface area contributed by atoms with Crippen LogP contribution in [0.5, 0.6) is 0 Å². The standard InChI is InChI=1S/C7H11NO/c1-8-4-3-7(5-8)6-9-2/h3-5H,6H2,1-2H3. The van der Waals surface area contributed by atoms with Crippen LogP contribution >= 0.6 is 0 Å². The molecule has 0 radical (unpaired) electrons. The molecule has 0 amide bonds. The summed E-state index contributed by atoms with van der Waals surface area (Å²) in [5.74, 6) is 0. The summed E-state index contributed by atoms with van der Waals surface area (Å²) in [5, 5.41) is 0. The number of methoxy groups -OCH3 is 1. The van der Waals surface area contributed by atoms with Crippen molar-refractivity contribution < 1.29 is 4.74 Å². The molecular weight excluding hydrogens is 114 g/mol. The van der Waals surface area contributed by atoms with Crippen LogP contribution < -0.4 is 0 Å². The smallest absolute Gasteiger partial charge is 0.0727 e. The Labute approximate surface area is 55.1 Å². The van der Waals surface area contributed by atoms with E-state index in [2.05, 4.69) is 0 Å². The van der Waals surface area contributed by atoms with Gasteiger partial charge >= 0.3 is 0 Å². The highest BCUT2D eigenvalue weighted by Crippen LogP contribution is 1.99. The fraction of sp³-hybridized carbons (Fsp3) is 0.429. The van der Waals surface area contributed by atoms with E-state index in [4.69, 9.17) is 4.74 Å². The molecule has 0 bridgehead atoms. The normalized spacial score (nSPS) is 10.0. The Hall–Kier alpha value is -0.760. The van der Waals surface area contributed by atoms with E-state index in [-0.39, 0.29) is 0 Å². The first kappa shape index (κ1) is 6.36. The van der Waals surface area contributed by atoms with Crippen LogP contribution in [0.4, 0.5) is 0 Å². The van der Waals surface area contributed by atoms with Gasteiger partial charge in [0.2, 0.25) is 0 Å². The number of rotatable bonds is 2. The van der Waals surface area contributed by atoms with Crippen molar-refractivity contribution in [3.8, 4) is 0 Å². The minimum Gasteiger partial charge on any atom is -0.380 e. The summed E-state index contributed by atoms with van der Waals surface area (Å²) >= 11 is 0. The lowest BCUT2D eigenvalue weighted by atomic mass is 10.4. The monoisotopic (exact) mass is 125 g/mol. The van der Waals surface area contributed by atoms with Crippen molar-refractivity contribution in [2.75, 3.05) is 7.11 Å². The molecule has 50 valence electrons. The van der Waals surface area contributed by atoms with Crippen LogP contribution in [0.1, 0.15) is 5.56 Å². The maximum atomic E-state index is 4.93. The zero-order valence-corrected chi connectivity index (χ0v) is 5.79. The summed E-state index contributed by atoms with van der Waals surface area (Å²) in [6.07, 6.45) is 4.05. The molecule has 0 aliphatic heterocycles. The highest BCUT2D eigenvalue weighted by molar-refractivity contribution is 5.08. The van der Waals surface area contributed by atoms with E-state index in [0.717, 1.165) is 0 Å². The van der Waals surface area contributed by atoms with E-state index in [1.807, 2.05) is 30.1 Å². The SMILES string of the molecule is COCc1ccn(C)c1. The molecule has 9 heavy (non-hydrogen) atoms. The zero-order valence-electron chi connectivity index (χ0n) is 5.79. The Bertz CT molecular complexity index is 181. The summed E-state index contributed by atoms with van der Waals surface area (Å²) in [7, 11) is 3.70. The van der Waals surface area contributed by atoms with Crippen LogP contribution in [-0.2, 0) is 18.4 Å². The van der Waals surface area contributed by atoms with E-state index in [9.17, 15) is 0 Å². The number of aryl methyl sites for hydroxylation is 1. The molecule has 0 fully saturated rings. The first-order valence-corrected chi connectivity index (χ1v) is 2.92. The maximum absolute atomic E-state index is 4.93. The molecule has 0 aliphatic rings. The molecule has 1 heterocycles. The highest BCUT2D eigenvalue weighted by atomic mass is 16.5. The Balaban J connectivity index is 2.61. The van der Waals surface area contributed by atoms with Gasteiger partial charge in [-0.05, 0) is 11.6 Å². The van der Waals surface area contributed by atoms with Crippen LogP contribution in [0.25, 0.3) is 0 Å². The van der Waals surface area contributed by atoms with Gasteiger partial charge in [0.15, 0.2) is 0 Å². The third-order valence-corrected chi connectivity index (χ3v) is 1.20. The average molecular weight is 125 g/mol. The minimum atomic E-state index is 0.709. The van der Waals surface area contributed by atoms with Crippen molar-refractivity contribution in [3.63, 3.8) is 0 Å². The van der Waals surface area contributed by atoms with Gasteiger partial charge in [-0.1, -0.05) is 0 Å². The van der Waals surface area contributed by atoms with Crippen molar-refractivity contribution in [1.29, 1.82) is 0 Å². The van der Waals surface area contributed by atoms with E-state index in [1.54, 1.807) is 7.11 Å². The zero-order chi connectivity index (χ0) is 6.69. The van der Waals surface area contributed by atoms with Gasteiger partial charge in [-0.2, -0.15) is 0 Å². The summed E-state index contributed by atoms with van der Waals surface area (Å²) < 4.78 is 6.94. The van der Waals surface area contributed by atoms with Crippen molar-refractivity contribution in [1.82, 2.24) is 4.57 Å². The van der Waals surface area contributed by atoms with E-state index in [0.29, 0.717) is 6.61 Å². The first-order valence-electron chi connectivity index (χ1n) is 2.92. The van der Waals surface area contributed by atoms with E-state index >= 15 is 0 Å². The fourth-order valence-corrected chi connectivity index (χ4v) is 0.813. The molecule has 2 nitrogen and oxygen atoms in total. The summed E-state index contributed by atoms with van der Waals surface area (Å²) in [5.41, 5.74) is 1.22. The second kappa shape index (κ2) is 2.69. The van der Waals surface area contributed by atoms with Gasteiger partial charge < -0.3 is 9.30 Å². The Morgan fingerprint density at radius 2 is 2.44 bits per heavy atom. The molecule has 0 unspecified atom stereocenters. The lowest BCUT2D eigenvalue weighted by molar-refractivity contribution is 0.185.